The van der Waals surface area contributed by atoms with Crippen LogP contribution in [0.25, 0.3) is 10.1 Å². The number of nitrogens with zero attached hydrogens (tertiary/aromatic N) is 2. The first kappa shape index (κ1) is 40.0. The Bertz CT molecular complexity index is 2830. The number of rotatable bonds is 4. The van der Waals surface area contributed by atoms with Gasteiger partial charge in [-0.25, -0.2) is 0 Å². The van der Waals surface area contributed by atoms with E-state index < -0.39 is 0 Å². The van der Waals surface area contributed by atoms with Crippen molar-refractivity contribution in [2.24, 2.45) is 0 Å². The van der Waals surface area contributed by atoms with Gasteiger partial charge in [0.15, 0.2) is 0 Å². The molecule has 0 spiro atoms. The highest BCUT2D eigenvalue weighted by Crippen LogP contribution is 2.53. The van der Waals surface area contributed by atoms with Gasteiger partial charge >= 0.3 is 0 Å². The molecule has 2 aliphatic heterocycles. The molecule has 61 heavy (non-hydrogen) atoms. The third-order valence-electron chi connectivity index (χ3n) is 14.7. The quantitative estimate of drug-likeness (QED) is 0.163. The fourth-order valence-electron chi connectivity index (χ4n) is 10.9. The van der Waals surface area contributed by atoms with E-state index in [9.17, 15) is 0 Å². The number of hydrogen-bond acceptors (Lipinski definition) is 3. The van der Waals surface area contributed by atoms with Crippen LogP contribution in [0.4, 0.5) is 34.1 Å². The van der Waals surface area contributed by atoms with Crippen molar-refractivity contribution >= 4 is 78.0 Å². The predicted octanol–water partition coefficient (Wildman–Crippen LogP) is 14.3. The van der Waals surface area contributed by atoms with Crippen LogP contribution in [0.2, 0.25) is 0 Å². The number of thiophene rings is 1. The molecule has 3 aliphatic rings. The van der Waals surface area contributed by atoms with Gasteiger partial charge in [0.25, 0.3) is 6.71 Å². The number of benzene rings is 6. The summed E-state index contributed by atoms with van der Waals surface area (Å²) < 4.78 is 2.80. The van der Waals surface area contributed by atoms with Crippen LogP contribution < -0.4 is 25.5 Å². The first-order chi connectivity index (χ1) is 28.8. The van der Waals surface area contributed by atoms with Crippen molar-refractivity contribution in [1.82, 2.24) is 0 Å². The van der Waals surface area contributed by atoms with E-state index in [4.69, 9.17) is 0 Å². The Morgan fingerprint density at radius 1 is 0.557 bits per heavy atom. The van der Waals surface area contributed by atoms with Crippen LogP contribution in [0.3, 0.4) is 0 Å². The van der Waals surface area contributed by atoms with Gasteiger partial charge in [-0.15, -0.1) is 11.3 Å². The average molecular weight is 817 g/mol. The van der Waals surface area contributed by atoms with E-state index in [0.29, 0.717) is 0 Å². The molecule has 0 saturated heterocycles. The highest BCUT2D eigenvalue weighted by atomic mass is 32.1. The van der Waals surface area contributed by atoms with Gasteiger partial charge in [-0.1, -0.05) is 155 Å². The average Bonchev–Trinajstić information content (AvgIpc) is 3.59. The maximum atomic E-state index is 2.71. The largest absolute Gasteiger partial charge is 0.310 e. The van der Waals surface area contributed by atoms with Crippen LogP contribution in [-0.4, -0.2) is 6.71 Å². The third kappa shape index (κ3) is 6.25. The van der Waals surface area contributed by atoms with E-state index in [-0.39, 0.29) is 33.8 Å². The van der Waals surface area contributed by atoms with Crippen LogP contribution in [0.15, 0.2) is 127 Å². The number of hydrogen-bond donors (Lipinski definition) is 0. The molecule has 4 heteroatoms. The molecule has 1 aliphatic carbocycles. The van der Waals surface area contributed by atoms with E-state index in [1.807, 2.05) is 11.3 Å². The van der Waals surface area contributed by atoms with Gasteiger partial charge in [-0.2, -0.15) is 0 Å². The van der Waals surface area contributed by atoms with E-state index in [0.717, 1.165) is 11.4 Å². The molecule has 1 aromatic heterocycles. The molecule has 3 heterocycles. The Labute approximate surface area is 369 Å². The van der Waals surface area contributed by atoms with Gasteiger partial charge in [-0.3, -0.25) is 0 Å². The van der Waals surface area contributed by atoms with Crippen LogP contribution in [0.5, 0.6) is 0 Å². The number of fused-ring (bicyclic) bond motifs is 7. The van der Waals surface area contributed by atoms with Crippen molar-refractivity contribution in [3.05, 3.63) is 161 Å². The van der Waals surface area contributed by atoms with Gasteiger partial charge in [0.05, 0.1) is 5.69 Å². The van der Waals surface area contributed by atoms with Crippen LogP contribution in [0.1, 0.15) is 129 Å². The van der Waals surface area contributed by atoms with E-state index in [2.05, 4.69) is 220 Å². The van der Waals surface area contributed by atoms with Crippen molar-refractivity contribution in [2.45, 2.75) is 123 Å². The predicted molar refractivity (Wildman–Crippen MR) is 267 cm³/mol. The molecule has 0 radical (unpaired) electrons. The Balaban J connectivity index is 1.36. The molecule has 308 valence electrons. The molecular weight excluding hydrogens is 756 g/mol. The fourth-order valence-corrected chi connectivity index (χ4v) is 12.2. The molecule has 10 rings (SSSR count). The zero-order valence-electron chi connectivity index (χ0n) is 38.4. The minimum absolute atomic E-state index is 0.0110. The highest BCUT2D eigenvalue weighted by molar-refractivity contribution is 7.33. The van der Waals surface area contributed by atoms with E-state index in [1.54, 1.807) is 0 Å². The Morgan fingerprint density at radius 3 is 1.75 bits per heavy atom. The van der Waals surface area contributed by atoms with Crippen molar-refractivity contribution in [1.29, 1.82) is 0 Å². The van der Waals surface area contributed by atoms with Gasteiger partial charge in [0.2, 0.25) is 0 Å². The van der Waals surface area contributed by atoms with Crippen LogP contribution >= 0.6 is 11.3 Å². The van der Waals surface area contributed by atoms with E-state index >= 15 is 0 Å². The topological polar surface area (TPSA) is 6.48 Å². The molecule has 6 aromatic carbocycles. The number of anilines is 6. The fraction of sp³-hybridized carbons (Fsp3) is 0.333. The summed E-state index contributed by atoms with van der Waals surface area (Å²) in [6.45, 7) is 29.0. The summed E-state index contributed by atoms with van der Waals surface area (Å²) in [6.07, 6.45) is 2.37. The molecule has 0 atom stereocenters. The van der Waals surface area contributed by atoms with Crippen LogP contribution in [0, 0.1) is 0 Å². The summed E-state index contributed by atoms with van der Waals surface area (Å²) in [4.78, 5) is 5.18. The van der Waals surface area contributed by atoms with E-state index in [1.165, 1.54) is 94.8 Å². The highest BCUT2D eigenvalue weighted by Gasteiger charge is 2.49. The molecule has 0 bridgehead atoms. The standard InChI is InChI=1S/C57H61BN2S/c1-53(2,3)36-24-28-49-42(31-36)51-52(61-49)58-47-32-37(54(4,5)6)23-26-44(47)57(11,12)46-34-41(59(38-19-15-13-16-20-38)39-21-17-14-18-22-39)35-48(50(46)58)60(51)40-25-27-43-45(33-40)56(9,10)30-29-55(43,7)8/h13-28,31-35H,29-30H2,1-12H3. The second-order valence-electron chi connectivity index (χ2n) is 22.2. The molecular formula is C57H61BN2S. The van der Waals surface area contributed by atoms with Crippen molar-refractivity contribution < 1.29 is 0 Å². The molecule has 0 amide bonds. The monoisotopic (exact) mass is 816 g/mol. The maximum absolute atomic E-state index is 2.71. The molecule has 0 saturated carbocycles. The van der Waals surface area contributed by atoms with Crippen LogP contribution in [-0.2, 0) is 27.1 Å². The van der Waals surface area contributed by atoms with Crippen molar-refractivity contribution in [3.8, 4) is 0 Å². The SMILES string of the molecule is CC(C)(C)c1ccc2c(c1)B1c3sc4ccc(C(C)(C)C)cc4c3N(c3ccc4c(c3)C(C)(C)CCC4(C)C)c3cc(N(c4ccccc4)c4ccccc4)cc(c31)C2(C)C. The Hall–Kier alpha value is -5.06. The normalized spacial score (nSPS) is 17.0. The summed E-state index contributed by atoms with van der Waals surface area (Å²) >= 11 is 2.01. The molecule has 7 aromatic rings. The minimum atomic E-state index is -0.261. The van der Waals surface area contributed by atoms with Gasteiger partial charge in [0.1, 0.15) is 0 Å². The minimum Gasteiger partial charge on any atom is -0.310 e. The molecule has 2 nitrogen and oxygen atoms in total. The zero-order valence-corrected chi connectivity index (χ0v) is 39.2. The smallest absolute Gasteiger partial charge is 0.260 e. The third-order valence-corrected chi connectivity index (χ3v) is 15.9. The first-order valence-corrected chi connectivity index (χ1v) is 23.3. The molecule has 0 fully saturated rings. The lowest BCUT2D eigenvalue weighted by Crippen LogP contribution is -2.63. The summed E-state index contributed by atoms with van der Waals surface area (Å²) in [7, 11) is 0. The Morgan fingerprint density at radius 2 is 1.13 bits per heavy atom. The second kappa shape index (κ2) is 13.5. The lowest BCUT2D eigenvalue weighted by Gasteiger charge is -2.46. The lowest BCUT2D eigenvalue weighted by molar-refractivity contribution is 0.332. The zero-order chi connectivity index (χ0) is 43.0. The second-order valence-corrected chi connectivity index (χ2v) is 23.2. The molecule has 0 N–H and O–H groups in total. The van der Waals surface area contributed by atoms with Crippen molar-refractivity contribution in [3.63, 3.8) is 0 Å². The first-order valence-electron chi connectivity index (χ1n) is 22.5. The number of para-hydroxylation sites is 2. The van der Waals surface area contributed by atoms with Gasteiger partial charge < -0.3 is 9.80 Å². The maximum Gasteiger partial charge on any atom is 0.260 e. The summed E-state index contributed by atoms with van der Waals surface area (Å²) in [6, 6.07) is 49.3. The summed E-state index contributed by atoms with van der Waals surface area (Å²) in [5.41, 5.74) is 18.8. The van der Waals surface area contributed by atoms with Crippen molar-refractivity contribution in [2.75, 3.05) is 9.80 Å². The van der Waals surface area contributed by atoms with Gasteiger partial charge in [-0.05, 0) is 134 Å². The van der Waals surface area contributed by atoms with Gasteiger partial charge in [0, 0.05) is 48.7 Å². The summed E-state index contributed by atoms with van der Waals surface area (Å²) in [5.74, 6) is 0. The summed E-state index contributed by atoms with van der Waals surface area (Å²) in [5, 5.41) is 1.35. The lowest BCUT2D eigenvalue weighted by atomic mass is 9.32. The Kier molecular flexibility index (Phi) is 8.84. The molecule has 0 unspecified atom stereocenters.